The fourth-order valence-corrected chi connectivity index (χ4v) is 3.89. The summed E-state index contributed by atoms with van der Waals surface area (Å²) < 4.78 is 9.70. The van der Waals surface area contributed by atoms with Gasteiger partial charge in [0.1, 0.15) is 5.75 Å². The summed E-state index contributed by atoms with van der Waals surface area (Å²) >= 11 is 6.10. The molecule has 1 atom stereocenters. The average Bonchev–Trinajstić information content (AvgIpc) is 3.15. The van der Waals surface area contributed by atoms with Gasteiger partial charge in [0.15, 0.2) is 11.2 Å². The molecule has 0 bridgehead atoms. The molecule has 0 saturated carbocycles. The van der Waals surface area contributed by atoms with E-state index in [1.165, 1.54) is 11.6 Å². The van der Waals surface area contributed by atoms with E-state index in [1.807, 2.05) is 18.4 Å². The molecular formula is C20H24ClN7O3. The minimum absolute atomic E-state index is 0.164. The maximum absolute atomic E-state index is 12.9. The lowest BCUT2D eigenvalue weighted by Crippen LogP contribution is -2.39. The number of rotatable bonds is 5. The first-order valence-electron chi connectivity index (χ1n) is 9.82. The van der Waals surface area contributed by atoms with Crippen LogP contribution in [-0.2, 0) is 14.1 Å². The normalized spacial score (nSPS) is 15.7. The van der Waals surface area contributed by atoms with Gasteiger partial charge >= 0.3 is 5.69 Å². The van der Waals surface area contributed by atoms with Crippen LogP contribution in [0, 0.1) is 0 Å². The average molecular weight is 446 g/mol. The van der Waals surface area contributed by atoms with Crippen LogP contribution < -0.4 is 26.3 Å². The van der Waals surface area contributed by atoms with E-state index in [0.29, 0.717) is 41.0 Å². The minimum atomic E-state index is -0.417. The number of nitrogens with one attached hydrogen (secondary N) is 1. The van der Waals surface area contributed by atoms with Crippen molar-refractivity contribution in [2.24, 2.45) is 19.2 Å². The van der Waals surface area contributed by atoms with Gasteiger partial charge in [0, 0.05) is 25.7 Å². The van der Waals surface area contributed by atoms with Gasteiger partial charge < -0.3 is 10.1 Å². The van der Waals surface area contributed by atoms with Crippen LogP contribution in [0.2, 0.25) is 5.02 Å². The lowest BCUT2D eigenvalue weighted by Gasteiger charge is -2.29. The third-order valence-corrected chi connectivity index (χ3v) is 5.81. The molecule has 1 unspecified atom stereocenters. The Labute approximate surface area is 183 Å². The molecule has 10 nitrogen and oxygen atoms in total. The number of fused-ring (bicyclic) bond motifs is 3. The molecule has 0 saturated heterocycles. The molecule has 0 aliphatic carbocycles. The van der Waals surface area contributed by atoms with Crippen LogP contribution in [0.3, 0.4) is 0 Å². The van der Waals surface area contributed by atoms with Crippen molar-refractivity contribution in [3.05, 3.63) is 44.1 Å². The smallest absolute Gasteiger partial charge is 0.332 e. The van der Waals surface area contributed by atoms with Crippen molar-refractivity contribution < 1.29 is 4.74 Å². The van der Waals surface area contributed by atoms with Crippen molar-refractivity contribution >= 4 is 40.1 Å². The van der Waals surface area contributed by atoms with E-state index in [0.717, 1.165) is 16.0 Å². The number of aryl methyl sites for hydroxylation is 1. The third kappa shape index (κ3) is 3.36. The Hall–Kier alpha value is -3.27. The van der Waals surface area contributed by atoms with Crippen molar-refractivity contribution in [2.45, 2.75) is 19.9 Å². The van der Waals surface area contributed by atoms with Crippen LogP contribution in [0.25, 0.3) is 11.2 Å². The SMILES string of the molecule is COc1ccc(Cl)cc1NCCN1N=C(C)C(C)n2c1nc1c2c(=O)n(C)c(=O)n1C. The summed E-state index contributed by atoms with van der Waals surface area (Å²) in [4.78, 5) is 29.9. The van der Waals surface area contributed by atoms with E-state index in [-0.39, 0.29) is 11.6 Å². The Bertz CT molecular complexity index is 1320. The summed E-state index contributed by atoms with van der Waals surface area (Å²) in [5, 5.41) is 10.3. The van der Waals surface area contributed by atoms with Gasteiger partial charge in [0.05, 0.1) is 31.1 Å². The molecule has 0 radical (unpaired) electrons. The van der Waals surface area contributed by atoms with Gasteiger partial charge in [-0.1, -0.05) is 11.6 Å². The largest absolute Gasteiger partial charge is 0.495 e. The lowest BCUT2D eigenvalue weighted by molar-refractivity contribution is 0.416. The van der Waals surface area contributed by atoms with Crippen LogP contribution in [0.5, 0.6) is 5.75 Å². The second kappa shape index (κ2) is 7.77. The molecule has 0 fully saturated rings. The van der Waals surface area contributed by atoms with Gasteiger partial charge in [-0.15, -0.1) is 0 Å². The van der Waals surface area contributed by atoms with Crippen LogP contribution in [-0.4, -0.2) is 44.6 Å². The number of benzene rings is 1. The fourth-order valence-electron chi connectivity index (χ4n) is 3.72. The molecule has 4 rings (SSSR count). The molecule has 1 aromatic carbocycles. The van der Waals surface area contributed by atoms with E-state index in [1.54, 1.807) is 37.4 Å². The first-order valence-corrected chi connectivity index (χ1v) is 10.2. The highest BCUT2D eigenvalue weighted by atomic mass is 35.5. The highest BCUT2D eigenvalue weighted by Gasteiger charge is 2.30. The Balaban J connectivity index is 1.71. The lowest BCUT2D eigenvalue weighted by atomic mass is 10.2. The first kappa shape index (κ1) is 21.0. The zero-order valence-corrected chi connectivity index (χ0v) is 18.8. The number of anilines is 2. The topological polar surface area (TPSA) is 98.7 Å². The molecule has 0 spiro atoms. The zero-order chi connectivity index (χ0) is 22.4. The number of nitrogens with zero attached hydrogens (tertiary/aromatic N) is 6. The number of hydrogen-bond donors (Lipinski definition) is 1. The molecule has 31 heavy (non-hydrogen) atoms. The second-order valence-corrected chi connectivity index (χ2v) is 7.91. The molecule has 3 heterocycles. The Morgan fingerprint density at radius 1 is 1.23 bits per heavy atom. The first-order chi connectivity index (χ1) is 14.7. The summed E-state index contributed by atoms with van der Waals surface area (Å²) in [7, 11) is 4.68. The van der Waals surface area contributed by atoms with Crippen molar-refractivity contribution in [1.82, 2.24) is 18.7 Å². The monoisotopic (exact) mass is 445 g/mol. The van der Waals surface area contributed by atoms with E-state index < -0.39 is 5.69 Å². The number of aromatic nitrogens is 4. The highest BCUT2D eigenvalue weighted by molar-refractivity contribution is 6.30. The van der Waals surface area contributed by atoms with Crippen LogP contribution in [0.15, 0.2) is 32.9 Å². The predicted octanol–water partition coefficient (Wildman–Crippen LogP) is 1.96. The van der Waals surface area contributed by atoms with Crippen molar-refractivity contribution in [2.75, 3.05) is 30.5 Å². The van der Waals surface area contributed by atoms with E-state index in [2.05, 4.69) is 15.4 Å². The number of methoxy groups -OCH3 is 1. The zero-order valence-electron chi connectivity index (χ0n) is 18.0. The molecule has 1 N–H and O–H groups in total. The Morgan fingerprint density at radius 3 is 2.68 bits per heavy atom. The van der Waals surface area contributed by atoms with E-state index in [4.69, 9.17) is 16.3 Å². The highest BCUT2D eigenvalue weighted by Crippen LogP contribution is 2.30. The molecule has 164 valence electrons. The Kier molecular flexibility index (Phi) is 5.26. The second-order valence-electron chi connectivity index (χ2n) is 7.47. The van der Waals surface area contributed by atoms with Gasteiger partial charge in [0.2, 0.25) is 5.95 Å². The molecule has 1 aliphatic rings. The van der Waals surface area contributed by atoms with Gasteiger partial charge in [-0.25, -0.2) is 9.80 Å². The maximum Gasteiger partial charge on any atom is 0.332 e. The van der Waals surface area contributed by atoms with Crippen LogP contribution >= 0.6 is 11.6 Å². The van der Waals surface area contributed by atoms with Crippen LogP contribution in [0.1, 0.15) is 19.9 Å². The van der Waals surface area contributed by atoms with Gasteiger partial charge in [-0.3, -0.25) is 18.5 Å². The standard InChI is InChI=1S/C20H24ClN7O3/c1-11-12(2)28-16-17(25(3)20(30)26(4)18(16)29)23-19(28)27(24-11)9-8-22-14-10-13(21)6-7-15(14)31-5/h6-7,10,12,22H,8-9H2,1-5H3. The number of imidazole rings is 1. The molecular weight excluding hydrogens is 422 g/mol. The summed E-state index contributed by atoms with van der Waals surface area (Å²) in [6, 6.07) is 5.19. The van der Waals surface area contributed by atoms with Crippen LogP contribution in [0.4, 0.5) is 11.6 Å². The summed E-state index contributed by atoms with van der Waals surface area (Å²) in [6.07, 6.45) is 0. The van der Waals surface area contributed by atoms with Gasteiger partial charge in [0.25, 0.3) is 5.56 Å². The number of hydrazone groups is 1. The molecule has 3 aromatic rings. The molecule has 2 aromatic heterocycles. The van der Waals surface area contributed by atoms with E-state index >= 15 is 0 Å². The van der Waals surface area contributed by atoms with Crippen molar-refractivity contribution in [3.8, 4) is 5.75 Å². The number of halogens is 1. The Morgan fingerprint density at radius 2 is 1.97 bits per heavy atom. The van der Waals surface area contributed by atoms with Crippen molar-refractivity contribution in [1.29, 1.82) is 0 Å². The van der Waals surface area contributed by atoms with Crippen molar-refractivity contribution in [3.63, 3.8) is 0 Å². The summed E-state index contributed by atoms with van der Waals surface area (Å²) in [5.41, 5.74) is 1.54. The quantitative estimate of drug-likeness (QED) is 0.644. The molecule has 11 heteroatoms. The van der Waals surface area contributed by atoms with Gasteiger partial charge in [-0.05, 0) is 32.0 Å². The van der Waals surface area contributed by atoms with Gasteiger partial charge in [-0.2, -0.15) is 10.1 Å². The molecule has 0 amide bonds. The fraction of sp³-hybridized carbons (Fsp3) is 0.400. The molecule has 1 aliphatic heterocycles. The summed E-state index contributed by atoms with van der Waals surface area (Å²) in [6.45, 7) is 4.85. The maximum atomic E-state index is 12.9. The third-order valence-electron chi connectivity index (χ3n) is 5.57. The van der Waals surface area contributed by atoms with E-state index in [9.17, 15) is 9.59 Å². The number of hydrogen-bond acceptors (Lipinski definition) is 7. The predicted molar refractivity (Wildman–Crippen MR) is 122 cm³/mol. The number of ether oxygens (including phenoxy) is 1. The summed E-state index contributed by atoms with van der Waals surface area (Å²) in [5.74, 6) is 1.20. The minimum Gasteiger partial charge on any atom is -0.495 e.